The molecular formula is C11H12N4O4S. The van der Waals surface area contributed by atoms with Gasteiger partial charge in [0.15, 0.2) is 0 Å². The topological polar surface area (TPSA) is 97.0 Å². The Kier molecular flexibility index (Phi) is 3.14. The highest BCUT2D eigenvalue weighted by Crippen LogP contribution is 2.23. The van der Waals surface area contributed by atoms with Gasteiger partial charge in [-0.25, -0.2) is 9.31 Å². The van der Waals surface area contributed by atoms with Gasteiger partial charge in [-0.15, -0.1) is 5.10 Å². The zero-order chi connectivity index (χ0) is 14.3. The molecular weight excluding hydrogens is 284 g/mol. The fourth-order valence-electron chi connectivity index (χ4n) is 2.09. The van der Waals surface area contributed by atoms with Crippen LogP contribution < -0.4 is 10.5 Å². The van der Waals surface area contributed by atoms with E-state index in [1.165, 1.54) is 15.9 Å². The number of aryl methyl sites for hydroxylation is 1. The van der Waals surface area contributed by atoms with Crippen molar-refractivity contribution in [2.75, 3.05) is 31.2 Å². The number of carboxylic acids is 1. The average Bonchev–Trinajstić information content (AvgIpc) is 2.83. The molecule has 8 nitrogen and oxygen atoms in total. The van der Waals surface area contributed by atoms with Crippen molar-refractivity contribution in [2.45, 2.75) is 6.92 Å². The van der Waals surface area contributed by atoms with E-state index < -0.39 is 11.5 Å². The largest absolute Gasteiger partial charge is 0.477 e. The van der Waals surface area contributed by atoms with E-state index in [0.717, 1.165) is 13.1 Å². The fourth-order valence-corrected chi connectivity index (χ4v) is 3.08. The van der Waals surface area contributed by atoms with Crippen molar-refractivity contribution >= 4 is 27.4 Å². The lowest BCUT2D eigenvalue weighted by Gasteiger charge is -2.25. The van der Waals surface area contributed by atoms with Gasteiger partial charge in [0.05, 0.1) is 18.9 Å². The molecule has 0 aliphatic carbocycles. The summed E-state index contributed by atoms with van der Waals surface area (Å²) >= 11 is 1.27. The van der Waals surface area contributed by atoms with E-state index in [0.29, 0.717) is 29.0 Å². The number of rotatable bonds is 2. The van der Waals surface area contributed by atoms with Crippen LogP contribution in [0.3, 0.4) is 0 Å². The Hall–Kier alpha value is -2.00. The Morgan fingerprint density at radius 2 is 2.10 bits per heavy atom. The number of nitrogens with zero attached hydrogens (tertiary/aromatic N) is 4. The van der Waals surface area contributed by atoms with Crippen LogP contribution in [-0.4, -0.2) is 52.0 Å². The summed E-state index contributed by atoms with van der Waals surface area (Å²) in [7, 11) is 0. The van der Waals surface area contributed by atoms with Gasteiger partial charge >= 0.3 is 5.97 Å². The smallest absolute Gasteiger partial charge is 0.343 e. The van der Waals surface area contributed by atoms with E-state index in [1.54, 1.807) is 6.92 Å². The van der Waals surface area contributed by atoms with Crippen molar-refractivity contribution in [1.29, 1.82) is 0 Å². The Balaban J connectivity index is 2.13. The minimum atomic E-state index is -1.28. The Bertz CT molecular complexity index is 732. The van der Waals surface area contributed by atoms with Crippen LogP contribution in [0.2, 0.25) is 0 Å². The number of aromatic nitrogens is 3. The van der Waals surface area contributed by atoms with Crippen molar-refractivity contribution in [3.05, 3.63) is 21.6 Å². The van der Waals surface area contributed by atoms with E-state index in [9.17, 15) is 9.59 Å². The first kappa shape index (κ1) is 13.0. The lowest BCUT2D eigenvalue weighted by molar-refractivity contribution is 0.0693. The summed E-state index contributed by atoms with van der Waals surface area (Å²) < 4.78 is 6.69. The normalized spacial score (nSPS) is 15.8. The Morgan fingerprint density at radius 1 is 1.40 bits per heavy atom. The highest BCUT2D eigenvalue weighted by Gasteiger charge is 2.21. The van der Waals surface area contributed by atoms with Gasteiger partial charge < -0.3 is 14.7 Å². The molecule has 1 saturated heterocycles. The number of fused-ring (bicyclic) bond motifs is 1. The van der Waals surface area contributed by atoms with E-state index >= 15 is 0 Å². The minimum absolute atomic E-state index is 0.295. The second kappa shape index (κ2) is 4.84. The zero-order valence-corrected chi connectivity index (χ0v) is 11.5. The number of morpholine rings is 1. The van der Waals surface area contributed by atoms with E-state index in [4.69, 9.17) is 9.84 Å². The number of anilines is 1. The van der Waals surface area contributed by atoms with Crippen LogP contribution in [0.4, 0.5) is 5.13 Å². The predicted octanol–water partition coefficient (Wildman–Crippen LogP) is -0.00578. The van der Waals surface area contributed by atoms with Crippen molar-refractivity contribution in [3.8, 4) is 0 Å². The quantitative estimate of drug-likeness (QED) is 0.832. The van der Waals surface area contributed by atoms with Crippen molar-refractivity contribution < 1.29 is 14.6 Å². The standard InChI is InChI=1S/C11H12N4O4S/c1-6-7(9(17)18)8(16)12-10-15(6)13-11(20-10)14-2-4-19-5-3-14/h2-5H2,1H3,(H,17,18). The summed E-state index contributed by atoms with van der Waals surface area (Å²) in [5, 5.41) is 14.1. The molecule has 1 fully saturated rings. The number of hydrogen-bond acceptors (Lipinski definition) is 7. The third kappa shape index (κ3) is 2.04. The third-order valence-electron chi connectivity index (χ3n) is 3.14. The molecule has 1 aliphatic heterocycles. The van der Waals surface area contributed by atoms with Gasteiger partial charge in [0.25, 0.3) is 5.56 Å². The van der Waals surface area contributed by atoms with Gasteiger partial charge in [-0.3, -0.25) is 4.79 Å². The number of ether oxygens (including phenoxy) is 1. The molecule has 0 atom stereocenters. The minimum Gasteiger partial charge on any atom is -0.477 e. The molecule has 0 unspecified atom stereocenters. The van der Waals surface area contributed by atoms with Crippen LogP contribution in [0.25, 0.3) is 4.96 Å². The van der Waals surface area contributed by atoms with Crippen LogP contribution >= 0.6 is 11.3 Å². The highest BCUT2D eigenvalue weighted by atomic mass is 32.1. The van der Waals surface area contributed by atoms with E-state index in [-0.39, 0.29) is 5.56 Å². The molecule has 106 valence electrons. The molecule has 0 radical (unpaired) electrons. The summed E-state index contributed by atoms with van der Waals surface area (Å²) in [5.74, 6) is -1.28. The molecule has 0 aromatic carbocycles. The average molecular weight is 296 g/mol. The fraction of sp³-hybridized carbons (Fsp3) is 0.455. The van der Waals surface area contributed by atoms with Crippen molar-refractivity contribution in [2.24, 2.45) is 0 Å². The van der Waals surface area contributed by atoms with Crippen LogP contribution in [0.15, 0.2) is 4.79 Å². The molecule has 3 rings (SSSR count). The number of carboxylic acid groups (broad SMARTS) is 1. The molecule has 0 bridgehead atoms. The summed E-state index contributed by atoms with van der Waals surface area (Å²) in [6, 6.07) is 0. The SMILES string of the molecule is Cc1c(C(=O)O)c(=O)nc2sc(N3CCOCC3)nn12. The van der Waals surface area contributed by atoms with Crippen molar-refractivity contribution in [1.82, 2.24) is 14.6 Å². The first-order chi connectivity index (χ1) is 9.58. The maximum Gasteiger partial charge on any atom is 0.343 e. The molecule has 0 amide bonds. The molecule has 2 aromatic rings. The molecule has 2 aromatic heterocycles. The molecule has 0 spiro atoms. The summed E-state index contributed by atoms with van der Waals surface area (Å²) in [6.45, 7) is 4.24. The maximum absolute atomic E-state index is 11.7. The molecule has 1 N–H and O–H groups in total. The van der Waals surface area contributed by atoms with Gasteiger partial charge in [-0.05, 0) is 6.92 Å². The maximum atomic E-state index is 11.7. The first-order valence-corrected chi connectivity index (χ1v) is 6.86. The van der Waals surface area contributed by atoms with Gasteiger partial charge in [0.2, 0.25) is 10.1 Å². The summed E-state index contributed by atoms with van der Waals surface area (Å²) in [5.41, 5.74) is -0.767. The van der Waals surface area contributed by atoms with Gasteiger partial charge in [0, 0.05) is 13.1 Å². The molecule has 3 heterocycles. The molecule has 20 heavy (non-hydrogen) atoms. The van der Waals surface area contributed by atoms with Crippen LogP contribution in [0, 0.1) is 6.92 Å². The number of carbonyl (C=O) groups is 1. The highest BCUT2D eigenvalue weighted by molar-refractivity contribution is 7.20. The van der Waals surface area contributed by atoms with Crippen LogP contribution in [0.1, 0.15) is 16.1 Å². The second-order valence-electron chi connectivity index (χ2n) is 4.36. The molecule has 0 saturated carbocycles. The molecule has 1 aliphatic rings. The monoisotopic (exact) mass is 296 g/mol. The number of aromatic carboxylic acids is 1. The lowest BCUT2D eigenvalue weighted by Crippen LogP contribution is -2.36. The zero-order valence-electron chi connectivity index (χ0n) is 10.7. The number of hydrogen-bond donors (Lipinski definition) is 1. The van der Waals surface area contributed by atoms with Crippen molar-refractivity contribution in [3.63, 3.8) is 0 Å². The van der Waals surface area contributed by atoms with E-state index in [2.05, 4.69) is 10.1 Å². The Labute approximate surface area is 117 Å². The summed E-state index contributed by atoms with van der Waals surface area (Å²) in [6.07, 6.45) is 0. The van der Waals surface area contributed by atoms with Crippen LogP contribution in [0.5, 0.6) is 0 Å². The lowest BCUT2D eigenvalue weighted by atomic mass is 10.2. The van der Waals surface area contributed by atoms with E-state index in [1.807, 2.05) is 4.90 Å². The molecule has 9 heteroatoms. The van der Waals surface area contributed by atoms with Gasteiger partial charge in [0.1, 0.15) is 5.56 Å². The van der Waals surface area contributed by atoms with Crippen LogP contribution in [-0.2, 0) is 4.74 Å². The van der Waals surface area contributed by atoms with Gasteiger partial charge in [-0.2, -0.15) is 4.98 Å². The third-order valence-corrected chi connectivity index (χ3v) is 4.10. The second-order valence-corrected chi connectivity index (χ2v) is 5.30. The summed E-state index contributed by atoms with van der Waals surface area (Å²) in [4.78, 5) is 29.0. The van der Waals surface area contributed by atoms with Gasteiger partial charge in [-0.1, -0.05) is 11.3 Å². The Morgan fingerprint density at radius 3 is 2.75 bits per heavy atom. The first-order valence-electron chi connectivity index (χ1n) is 6.04. The predicted molar refractivity (Wildman–Crippen MR) is 71.9 cm³/mol.